The average Bonchev–Trinajstić information content (AvgIpc) is 2.28. The Hall–Kier alpha value is -1.13. The molecule has 3 nitrogen and oxygen atoms in total. The van der Waals surface area contributed by atoms with Crippen LogP contribution in [0.3, 0.4) is 0 Å². The van der Waals surface area contributed by atoms with Crippen molar-refractivity contribution in [1.82, 2.24) is 5.32 Å². The van der Waals surface area contributed by atoms with E-state index in [4.69, 9.17) is 5.11 Å². The van der Waals surface area contributed by atoms with Gasteiger partial charge in [-0.2, -0.15) is 0 Å². The molecule has 0 aliphatic rings. The molecular formula is C12H18FNO2. The number of hydrogen-bond donors (Lipinski definition) is 3. The Morgan fingerprint density at radius 1 is 1.44 bits per heavy atom. The molecule has 0 aromatic heterocycles. The predicted molar refractivity (Wildman–Crippen MR) is 60.8 cm³/mol. The van der Waals surface area contributed by atoms with E-state index in [1.54, 1.807) is 0 Å². The maximum Gasteiger partial charge on any atom is 0.170 e. The highest BCUT2D eigenvalue weighted by Crippen LogP contribution is 2.23. The molecule has 3 N–H and O–H groups in total. The van der Waals surface area contributed by atoms with Gasteiger partial charge in [-0.05, 0) is 19.0 Å². The van der Waals surface area contributed by atoms with Gasteiger partial charge >= 0.3 is 0 Å². The van der Waals surface area contributed by atoms with E-state index in [-0.39, 0.29) is 5.56 Å². The van der Waals surface area contributed by atoms with Crippen molar-refractivity contribution in [2.45, 2.75) is 25.9 Å². The van der Waals surface area contributed by atoms with E-state index in [0.717, 1.165) is 19.4 Å². The lowest BCUT2D eigenvalue weighted by molar-refractivity contribution is 0.169. The summed E-state index contributed by atoms with van der Waals surface area (Å²) in [5.74, 6) is -1.17. The summed E-state index contributed by atoms with van der Waals surface area (Å²) >= 11 is 0. The van der Waals surface area contributed by atoms with Crippen molar-refractivity contribution in [2.75, 3.05) is 13.1 Å². The fourth-order valence-electron chi connectivity index (χ4n) is 1.45. The van der Waals surface area contributed by atoms with E-state index < -0.39 is 17.7 Å². The quantitative estimate of drug-likeness (QED) is 0.651. The van der Waals surface area contributed by atoms with Crippen molar-refractivity contribution >= 4 is 0 Å². The van der Waals surface area contributed by atoms with Crippen LogP contribution in [-0.4, -0.2) is 23.3 Å². The van der Waals surface area contributed by atoms with Crippen LogP contribution in [0.2, 0.25) is 0 Å². The molecule has 1 rings (SSSR count). The fourth-order valence-corrected chi connectivity index (χ4v) is 1.45. The molecule has 1 atom stereocenters. The molecule has 0 bridgehead atoms. The van der Waals surface area contributed by atoms with Crippen LogP contribution >= 0.6 is 0 Å². The number of phenolic OH excluding ortho intramolecular Hbond substituents is 1. The van der Waals surface area contributed by atoms with Gasteiger partial charge in [-0.3, -0.25) is 0 Å². The molecule has 90 valence electrons. The highest BCUT2D eigenvalue weighted by molar-refractivity contribution is 5.31. The highest BCUT2D eigenvalue weighted by atomic mass is 19.1. The smallest absolute Gasteiger partial charge is 0.170 e. The molecule has 0 saturated carbocycles. The van der Waals surface area contributed by atoms with Crippen molar-refractivity contribution in [2.24, 2.45) is 0 Å². The second-order valence-corrected chi connectivity index (χ2v) is 3.75. The van der Waals surface area contributed by atoms with Crippen LogP contribution in [0.25, 0.3) is 0 Å². The maximum atomic E-state index is 13.4. The van der Waals surface area contributed by atoms with E-state index in [2.05, 4.69) is 12.2 Å². The zero-order valence-electron chi connectivity index (χ0n) is 9.41. The molecule has 0 aliphatic carbocycles. The zero-order valence-corrected chi connectivity index (χ0v) is 9.41. The number of rotatable bonds is 6. The molecule has 0 aliphatic heterocycles. The van der Waals surface area contributed by atoms with Crippen LogP contribution in [0.4, 0.5) is 4.39 Å². The van der Waals surface area contributed by atoms with Crippen LogP contribution in [-0.2, 0) is 0 Å². The predicted octanol–water partition coefficient (Wildman–Crippen LogP) is 1.95. The third-order valence-electron chi connectivity index (χ3n) is 2.41. The van der Waals surface area contributed by atoms with Crippen molar-refractivity contribution < 1.29 is 14.6 Å². The third kappa shape index (κ3) is 3.47. The largest absolute Gasteiger partial charge is 0.505 e. The van der Waals surface area contributed by atoms with Crippen LogP contribution in [0, 0.1) is 5.82 Å². The number of hydrogen-bond acceptors (Lipinski definition) is 3. The second kappa shape index (κ2) is 6.45. The number of unbranched alkanes of at least 4 members (excludes halogenated alkanes) is 1. The molecule has 0 heterocycles. The number of aliphatic hydroxyl groups excluding tert-OH is 1. The minimum absolute atomic E-state index is 0.129. The van der Waals surface area contributed by atoms with Gasteiger partial charge in [0.2, 0.25) is 0 Å². The van der Waals surface area contributed by atoms with Gasteiger partial charge in [-0.15, -0.1) is 0 Å². The van der Waals surface area contributed by atoms with E-state index in [0.29, 0.717) is 6.54 Å². The first-order valence-electron chi connectivity index (χ1n) is 5.53. The van der Waals surface area contributed by atoms with Gasteiger partial charge in [-0.1, -0.05) is 25.5 Å². The van der Waals surface area contributed by atoms with E-state index in [1.165, 1.54) is 18.2 Å². The SMILES string of the molecule is CCCCNC[C@H](O)c1cccc(O)c1F. The maximum absolute atomic E-state index is 13.4. The number of phenols is 1. The van der Waals surface area contributed by atoms with Crippen molar-refractivity contribution in [3.8, 4) is 5.75 Å². The lowest BCUT2D eigenvalue weighted by Gasteiger charge is -2.13. The summed E-state index contributed by atoms with van der Waals surface area (Å²) in [6.07, 6.45) is 1.17. The lowest BCUT2D eigenvalue weighted by Crippen LogP contribution is -2.23. The first kappa shape index (κ1) is 12.9. The summed E-state index contributed by atoms with van der Waals surface area (Å²) in [6.45, 7) is 3.17. The standard InChI is InChI=1S/C12H18FNO2/c1-2-3-7-14-8-11(16)9-5-4-6-10(15)12(9)13/h4-6,11,14-16H,2-3,7-8H2,1H3/t11-/m0/s1. The third-order valence-corrected chi connectivity index (χ3v) is 2.41. The molecule has 4 heteroatoms. The summed E-state index contributed by atoms with van der Waals surface area (Å²) in [5, 5.41) is 21.9. The highest BCUT2D eigenvalue weighted by Gasteiger charge is 2.14. The molecule has 1 aromatic rings. The summed E-state index contributed by atoms with van der Waals surface area (Å²) in [6, 6.07) is 4.25. The lowest BCUT2D eigenvalue weighted by atomic mass is 10.1. The fraction of sp³-hybridized carbons (Fsp3) is 0.500. The monoisotopic (exact) mass is 227 g/mol. The Labute approximate surface area is 94.9 Å². The molecule has 0 saturated heterocycles. The Balaban J connectivity index is 2.52. The summed E-state index contributed by atoms with van der Waals surface area (Å²) in [5.41, 5.74) is 0.129. The number of nitrogens with one attached hydrogen (secondary N) is 1. The summed E-state index contributed by atoms with van der Waals surface area (Å²) in [4.78, 5) is 0. The van der Waals surface area contributed by atoms with Crippen molar-refractivity contribution in [3.05, 3.63) is 29.6 Å². The first-order valence-corrected chi connectivity index (χ1v) is 5.53. The number of benzene rings is 1. The Morgan fingerprint density at radius 2 is 2.19 bits per heavy atom. The van der Waals surface area contributed by atoms with Crippen LogP contribution in [0.5, 0.6) is 5.75 Å². The Kier molecular flexibility index (Phi) is 5.22. The average molecular weight is 227 g/mol. The minimum Gasteiger partial charge on any atom is -0.505 e. The van der Waals surface area contributed by atoms with Crippen LogP contribution in [0.15, 0.2) is 18.2 Å². The minimum atomic E-state index is -0.927. The van der Waals surface area contributed by atoms with Gasteiger partial charge in [0, 0.05) is 12.1 Å². The normalized spacial score (nSPS) is 12.7. The van der Waals surface area contributed by atoms with Gasteiger partial charge in [0.1, 0.15) is 0 Å². The summed E-state index contributed by atoms with van der Waals surface area (Å²) < 4.78 is 13.4. The van der Waals surface area contributed by atoms with Crippen molar-refractivity contribution in [1.29, 1.82) is 0 Å². The van der Waals surface area contributed by atoms with E-state index >= 15 is 0 Å². The molecule has 16 heavy (non-hydrogen) atoms. The van der Waals surface area contributed by atoms with Gasteiger partial charge in [0.15, 0.2) is 11.6 Å². The second-order valence-electron chi connectivity index (χ2n) is 3.75. The molecule has 0 unspecified atom stereocenters. The molecule has 0 fully saturated rings. The van der Waals surface area contributed by atoms with Crippen LogP contribution in [0.1, 0.15) is 31.4 Å². The van der Waals surface area contributed by atoms with Gasteiger partial charge in [-0.25, -0.2) is 4.39 Å². The van der Waals surface area contributed by atoms with Crippen LogP contribution < -0.4 is 5.32 Å². The van der Waals surface area contributed by atoms with Gasteiger partial charge in [0.25, 0.3) is 0 Å². The van der Waals surface area contributed by atoms with Gasteiger partial charge in [0.05, 0.1) is 6.10 Å². The topological polar surface area (TPSA) is 52.5 Å². The Morgan fingerprint density at radius 3 is 2.88 bits per heavy atom. The molecule has 0 spiro atoms. The molecular weight excluding hydrogens is 209 g/mol. The summed E-state index contributed by atoms with van der Waals surface area (Å²) in [7, 11) is 0. The molecule has 1 aromatic carbocycles. The number of halogens is 1. The zero-order chi connectivity index (χ0) is 12.0. The Bertz CT molecular complexity index is 331. The first-order chi connectivity index (χ1) is 7.66. The van der Waals surface area contributed by atoms with Crippen molar-refractivity contribution in [3.63, 3.8) is 0 Å². The van der Waals surface area contributed by atoms with E-state index in [9.17, 15) is 9.50 Å². The molecule has 0 amide bonds. The number of aromatic hydroxyl groups is 1. The molecule has 0 radical (unpaired) electrons. The van der Waals surface area contributed by atoms with E-state index in [1.807, 2.05) is 0 Å². The number of aliphatic hydroxyl groups is 1. The van der Waals surface area contributed by atoms with Gasteiger partial charge < -0.3 is 15.5 Å².